The molecule has 114 valence electrons. The van der Waals surface area contributed by atoms with Crippen molar-refractivity contribution in [2.75, 3.05) is 13.1 Å². The molecule has 0 unspecified atom stereocenters. The maximum Gasteiger partial charge on any atom is 0.270 e. The number of benzene rings is 1. The smallest absolute Gasteiger partial charge is 0.270 e. The topological polar surface area (TPSA) is 101 Å². The second-order valence-corrected chi connectivity index (χ2v) is 5.44. The summed E-state index contributed by atoms with van der Waals surface area (Å²) in [4.78, 5) is 33.5. The summed E-state index contributed by atoms with van der Waals surface area (Å²) in [6.45, 7) is 2.75. The first-order chi connectivity index (χ1) is 9.95. The Morgan fingerprint density at radius 2 is 2.00 bits per heavy atom. The minimum atomic E-state index is -0.551. The van der Waals surface area contributed by atoms with Crippen LogP contribution < -0.4 is 10.6 Å². The molecule has 7 nitrogen and oxygen atoms in total. The zero-order valence-electron chi connectivity index (χ0n) is 11.5. The highest BCUT2D eigenvalue weighted by molar-refractivity contribution is 14.1. The Bertz CT molecular complexity index is 548. The molecule has 0 aliphatic carbocycles. The van der Waals surface area contributed by atoms with Crippen LogP contribution in [0, 0.1) is 13.7 Å². The molecule has 2 amide bonds. The van der Waals surface area contributed by atoms with Gasteiger partial charge >= 0.3 is 0 Å². The van der Waals surface area contributed by atoms with E-state index in [1.165, 1.54) is 18.2 Å². The van der Waals surface area contributed by atoms with E-state index in [2.05, 4.69) is 10.6 Å². The minimum Gasteiger partial charge on any atom is -0.356 e. The molecule has 0 radical (unpaired) electrons. The largest absolute Gasteiger partial charge is 0.356 e. The van der Waals surface area contributed by atoms with Gasteiger partial charge in [0, 0.05) is 35.2 Å². The van der Waals surface area contributed by atoms with Gasteiger partial charge in [-0.25, -0.2) is 0 Å². The van der Waals surface area contributed by atoms with Crippen LogP contribution >= 0.6 is 22.6 Å². The highest BCUT2D eigenvalue weighted by Gasteiger charge is 2.15. The molecule has 0 fully saturated rings. The fourth-order valence-electron chi connectivity index (χ4n) is 1.54. The Labute approximate surface area is 135 Å². The predicted molar refractivity (Wildman–Crippen MR) is 86.1 cm³/mol. The van der Waals surface area contributed by atoms with E-state index in [-0.39, 0.29) is 30.1 Å². The summed E-state index contributed by atoms with van der Waals surface area (Å²) in [5.74, 6) is -0.558. The molecule has 0 atom stereocenters. The molecular formula is C13H16IN3O4. The predicted octanol–water partition coefficient (Wildman–Crippen LogP) is 1.85. The maximum atomic E-state index is 12.0. The second-order valence-electron chi connectivity index (χ2n) is 4.28. The van der Waals surface area contributed by atoms with Crippen LogP contribution in [0.5, 0.6) is 0 Å². The zero-order chi connectivity index (χ0) is 15.8. The molecule has 8 heteroatoms. The van der Waals surface area contributed by atoms with Crippen LogP contribution in [0.25, 0.3) is 0 Å². The van der Waals surface area contributed by atoms with Crippen molar-refractivity contribution in [1.82, 2.24) is 10.6 Å². The normalized spacial score (nSPS) is 10.0. The van der Waals surface area contributed by atoms with E-state index in [9.17, 15) is 19.7 Å². The summed E-state index contributed by atoms with van der Waals surface area (Å²) in [6, 6.07) is 4.09. The molecular weight excluding hydrogens is 389 g/mol. The van der Waals surface area contributed by atoms with Crippen LogP contribution in [-0.2, 0) is 4.79 Å². The van der Waals surface area contributed by atoms with Gasteiger partial charge in [0.1, 0.15) is 0 Å². The van der Waals surface area contributed by atoms with E-state index in [0.717, 1.165) is 6.42 Å². The zero-order valence-corrected chi connectivity index (χ0v) is 13.7. The Hall–Kier alpha value is -1.71. The Kier molecular flexibility index (Phi) is 7.06. The first kappa shape index (κ1) is 17.3. The SMILES string of the molecule is CCCNC(=O)CCNC(=O)c1cc([N+](=O)[O-])ccc1I. The molecule has 0 saturated heterocycles. The Morgan fingerprint density at radius 1 is 1.29 bits per heavy atom. The van der Waals surface area contributed by atoms with Gasteiger partial charge in [-0.3, -0.25) is 19.7 Å². The van der Waals surface area contributed by atoms with Crippen LogP contribution in [0.2, 0.25) is 0 Å². The van der Waals surface area contributed by atoms with Crippen molar-refractivity contribution in [2.45, 2.75) is 19.8 Å². The highest BCUT2D eigenvalue weighted by atomic mass is 127. The summed E-state index contributed by atoms with van der Waals surface area (Å²) in [5, 5.41) is 16.0. The lowest BCUT2D eigenvalue weighted by Gasteiger charge is -2.07. The van der Waals surface area contributed by atoms with E-state index in [1.54, 1.807) is 0 Å². The molecule has 1 aromatic rings. The summed E-state index contributed by atoms with van der Waals surface area (Å²) < 4.78 is 0.617. The van der Waals surface area contributed by atoms with Gasteiger partial charge in [-0.05, 0) is 35.1 Å². The number of rotatable bonds is 7. The average Bonchev–Trinajstić information content (AvgIpc) is 2.45. The van der Waals surface area contributed by atoms with Gasteiger partial charge in [0.2, 0.25) is 5.91 Å². The van der Waals surface area contributed by atoms with Gasteiger partial charge in [0.15, 0.2) is 0 Å². The van der Waals surface area contributed by atoms with Gasteiger partial charge in [-0.1, -0.05) is 6.92 Å². The van der Waals surface area contributed by atoms with Crippen molar-refractivity contribution >= 4 is 40.1 Å². The number of nitrogens with zero attached hydrogens (tertiary/aromatic N) is 1. The lowest BCUT2D eigenvalue weighted by molar-refractivity contribution is -0.384. The van der Waals surface area contributed by atoms with E-state index < -0.39 is 10.8 Å². The number of hydrogen-bond donors (Lipinski definition) is 2. The molecule has 0 saturated carbocycles. The van der Waals surface area contributed by atoms with Crippen LogP contribution in [-0.4, -0.2) is 29.8 Å². The van der Waals surface area contributed by atoms with Crippen LogP contribution in [0.15, 0.2) is 18.2 Å². The number of amides is 2. The summed E-state index contributed by atoms with van der Waals surface area (Å²) >= 11 is 1.94. The van der Waals surface area contributed by atoms with Crippen LogP contribution in [0.3, 0.4) is 0 Å². The minimum absolute atomic E-state index is 0.133. The van der Waals surface area contributed by atoms with E-state index in [0.29, 0.717) is 10.1 Å². The highest BCUT2D eigenvalue weighted by Crippen LogP contribution is 2.19. The molecule has 0 spiro atoms. The third kappa shape index (κ3) is 5.66. The fraction of sp³-hybridized carbons (Fsp3) is 0.385. The number of nitro benzene ring substituents is 1. The van der Waals surface area contributed by atoms with Crippen molar-refractivity contribution in [1.29, 1.82) is 0 Å². The Balaban J connectivity index is 2.58. The summed E-state index contributed by atoms with van der Waals surface area (Å²) in [7, 11) is 0. The number of carbonyl (C=O) groups excluding carboxylic acids is 2. The number of halogens is 1. The molecule has 21 heavy (non-hydrogen) atoms. The van der Waals surface area contributed by atoms with E-state index >= 15 is 0 Å². The van der Waals surface area contributed by atoms with Gasteiger partial charge in [0.05, 0.1) is 10.5 Å². The van der Waals surface area contributed by atoms with Crippen molar-refractivity contribution < 1.29 is 14.5 Å². The van der Waals surface area contributed by atoms with Gasteiger partial charge in [0.25, 0.3) is 11.6 Å². The number of nitro groups is 1. The monoisotopic (exact) mass is 405 g/mol. The number of non-ortho nitro benzene ring substituents is 1. The molecule has 0 bridgehead atoms. The second kappa shape index (κ2) is 8.55. The van der Waals surface area contributed by atoms with Gasteiger partial charge in [-0.15, -0.1) is 0 Å². The summed E-state index contributed by atoms with van der Waals surface area (Å²) in [5.41, 5.74) is 0.0972. The van der Waals surface area contributed by atoms with Crippen molar-refractivity contribution in [3.63, 3.8) is 0 Å². The maximum absolute atomic E-state index is 12.0. The number of carbonyl (C=O) groups is 2. The summed E-state index contributed by atoms with van der Waals surface area (Å²) in [6.07, 6.45) is 1.03. The standard InChI is InChI=1S/C13H16IN3O4/c1-2-6-15-12(18)5-7-16-13(19)10-8-9(17(20)21)3-4-11(10)14/h3-4,8H,2,5-7H2,1H3,(H,15,18)(H,16,19). The lowest BCUT2D eigenvalue weighted by Crippen LogP contribution is -2.31. The molecule has 2 N–H and O–H groups in total. The van der Waals surface area contributed by atoms with E-state index in [4.69, 9.17) is 0 Å². The van der Waals surface area contributed by atoms with Crippen molar-refractivity contribution in [3.05, 3.63) is 37.4 Å². The average molecular weight is 405 g/mol. The quantitative estimate of drug-likeness (QED) is 0.411. The van der Waals surface area contributed by atoms with E-state index in [1.807, 2.05) is 29.5 Å². The third-order valence-corrected chi connectivity index (χ3v) is 3.56. The molecule has 1 aromatic carbocycles. The molecule has 0 aliphatic heterocycles. The number of nitrogens with one attached hydrogen (secondary N) is 2. The lowest BCUT2D eigenvalue weighted by atomic mass is 10.2. The van der Waals surface area contributed by atoms with Crippen LogP contribution in [0.4, 0.5) is 5.69 Å². The number of hydrogen-bond acceptors (Lipinski definition) is 4. The van der Waals surface area contributed by atoms with Gasteiger partial charge < -0.3 is 10.6 Å². The first-order valence-electron chi connectivity index (χ1n) is 6.44. The third-order valence-electron chi connectivity index (χ3n) is 2.62. The molecule has 0 aromatic heterocycles. The van der Waals surface area contributed by atoms with Gasteiger partial charge in [-0.2, -0.15) is 0 Å². The van der Waals surface area contributed by atoms with Crippen molar-refractivity contribution in [2.24, 2.45) is 0 Å². The van der Waals surface area contributed by atoms with Crippen molar-refractivity contribution in [3.8, 4) is 0 Å². The first-order valence-corrected chi connectivity index (χ1v) is 7.52. The van der Waals surface area contributed by atoms with Crippen LogP contribution in [0.1, 0.15) is 30.1 Å². The molecule has 0 heterocycles. The molecule has 1 rings (SSSR count). The molecule has 0 aliphatic rings. The Morgan fingerprint density at radius 3 is 2.62 bits per heavy atom. The fourth-order valence-corrected chi connectivity index (χ4v) is 2.12.